The van der Waals surface area contributed by atoms with Crippen LogP contribution in [-0.4, -0.2) is 37.2 Å². The predicted octanol–water partition coefficient (Wildman–Crippen LogP) is 3.55. The van der Waals surface area contributed by atoms with Gasteiger partial charge in [-0.15, -0.1) is 0 Å². The summed E-state index contributed by atoms with van der Waals surface area (Å²) < 4.78 is 5.12. The molecule has 3 rings (SSSR count). The predicted molar refractivity (Wildman–Crippen MR) is 100 cm³/mol. The summed E-state index contributed by atoms with van der Waals surface area (Å²) in [4.78, 5) is 14.6. The van der Waals surface area contributed by atoms with Crippen molar-refractivity contribution in [2.75, 3.05) is 25.1 Å². The normalized spacial score (nSPS) is 15.5. The van der Waals surface area contributed by atoms with E-state index in [1.807, 2.05) is 54.6 Å². The molecule has 4 heteroatoms. The van der Waals surface area contributed by atoms with Gasteiger partial charge in [-0.05, 0) is 60.9 Å². The Labute approximate surface area is 148 Å². The molecule has 0 spiro atoms. The average molecular weight is 337 g/mol. The van der Waals surface area contributed by atoms with E-state index in [-0.39, 0.29) is 11.9 Å². The van der Waals surface area contributed by atoms with E-state index in [1.54, 1.807) is 13.2 Å². The fraction of sp³-hybridized carbons (Fsp3) is 0.286. The number of allylic oxidation sites excluding steroid dienone is 1. The number of ketones is 1. The van der Waals surface area contributed by atoms with Crippen molar-refractivity contribution in [3.63, 3.8) is 0 Å². The van der Waals surface area contributed by atoms with E-state index in [4.69, 9.17) is 4.74 Å². The maximum Gasteiger partial charge on any atom is 0.185 e. The Morgan fingerprint density at radius 3 is 2.32 bits per heavy atom. The summed E-state index contributed by atoms with van der Waals surface area (Å²) in [6.45, 7) is 1.71. The minimum absolute atomic E-state index is 0.0172. The smallest absolute Gasteiger partial charge is 0.185 e. The Morgan fingerprint density at radius 2 is 1.72 bits per heavy atom. The van der Waals surface area contributed by atoms with E-state index >= 15 is 0 Å². The second-order valence-corrected chi connectivity index (χ2v) is 6.24. The summed E-state index contributed by atoms with van der Waals surface area (Å²) in [5, 5.41) is 9.59. The lowest BCUT2D eigenvalue weighted by Crippen LogP contribution is -2.35. The van der Waals surface area contributed by atoms with Gasteiger partial charge in [-0.1, -0.05) is 18.2 Å². The zero-order chi connectivity index (χ0) is 17.6. The number of carbonyl (C=O) groups excluding carboxylic acids is 1. The Bertz CT molecular complexity index is 727. The molecule has 1 N–H and O–H groups in total. The van der Waals surface area contributed by atoms with E-state index in [2.05, 4.69) is 4.90 Å². The molecule has 2 aromatic rings. The number of hydrogen-bond acceptors (Lipinski definition) is 4. The van der Waals surface area contributed by atoms with Gasteiger partial charge in [0.05, 0.1) is 13.2 Å². The van der Waals surface area contributed by atoms with Crippen LogP contribution in [0.25, 0.3) is 6.08 Å². The molecule has 130 valence electrons. The van der Waals surface area contributed by atoms with Crippen LogP contribution >= 0.6 is 0 Å². The van der Waals surface area contributed by atoms with Gasteiger partial charge >= 0.3 is 0 Å². The summed E-state index contributed by atoms with van der Waals surface area (Å²) in [6, 6.07) is 15.2. The number of nitrogens with zero attached hydrogens (tertiary/aromatic N) is 1. The van der Waals surface area contributed by atoms with Gasteiger partial charge in [0.2, 0.25) is 0 Å². The first-order chi connectivity index (χ1) is 12.2. The lowest BCUT2D eigenvalue weighted by atomic mass is 10.1. The van der Waals surface area contributed by atoms with Crippen LogP contribution in [0.5, 0.6) is 5.75 Å². The number of methoxy groups -OCH3 is 1. The number of piperidine rings is 1. The number of carbonyl (C=O) groups is 1. The zero-order valence-corrected chi connectivity index (χ0v) is 14.4. The summed E-state index contributed by atoms with van der Waals surface area (Å²) >= 11 is 0. The Balaban J connectivity index is 1.63. The third kappa shape index (κ3) is 4.48. The van der Waals surface area contributed by atoms with Crippen molar-refractivity contribution in [2.24, 2.45) is 0 Å². The van der Waals surface area contributed by atoms with Crippen molar-refractivity contribution >= 4 is 17.5 Å². The molecule has 1 fully saturated rings. The van der Waals surface area contributed by atoms with Crippen molar-refractivity contribution in [3.05, 3.63) is 65.7 Å². The fourth-order valence-corrected chi connectivity index (χ4v) is 2.94. The van der Waals surface area contributed by atoms with Gasteiger partial charge in [-0.25, -0.2) is 0 Å². The highest BCUT2D eigenvalue weighted by Gasteiger charge is 2.17. The number of aliphatic hydroxyl groups is 1. The first-order valence-electron chi connectivity index (χ1n) is 8.55. The monoisotopic (exact) mass is 337 g/mol. The summed E-state index contributed by atoms with van der Waals surface area (Å²) in [6.07, 6.45) is 4.81. The minimum atomic E-state index is -0.180. The second-order valence-electron chi connectivity index (χ2n) is 6.24. The van der Waals surface area contributed by atoms with Gasteiger partial charge < -0.3 is 14.7 Å². The molecule has 4 nitrogen and oxygen atoms in total. The summed E-state index contributed by atoms with van der Waals surface area (Å²) in [5.74, 6) is 0.778. The van der Waals surface area contributed by atoms with E-state index < -0.39 is 0 Å². The number of ether oxygens (including phenoxy) is 1. The van der Waals surface area contributed by atoms with E-state index in [1.165, 1.54) is 0 Å². The highest BCUT2D eigenvalue weighted by molar-refractivity contribution is 6.07. The van der Waals surface area contributed by atoms with Crippen molar-refractivity contribution in [3.8, 4) is 5.75 Å². The molecule has 0 saturated carbocycles. The number of hydrogen-bond donors (Lipinski definition) is 1. The summed E-state index contributed by atoms with van der Waals surface area (Å²) in [5.41, 5.74) is 2.73. The van der Waals surface area contributed by atoms with Gasteiger partial charge in [-0.3, -0.25) is 4.79 Å². The van der Waals surface area contributed by atoms with E-state index in [0.29, 0.717) is 5.56 Å². The average Bonchev–Trinajstić information content (AvgIpc) is 2.67. The first kappa shape index (κ1) is 17.2. The molecule has 2 aromatic carbocycles. The van der Waals surface area contributed by atoms with Crippen LogP contribution in [0.15, 0.2) is 54.6 Å². The molecule has 1 heterocycles. The molecule has 1 saturated heterocycles. The zero-order valence-electron chi connectivity index (χ0n) is 14.4. The fourth-order valence-electron chi connectivity index (χ4n) is 2.94. The van der Waals surface area contributed by atoms with Crippen LogP contribution < -0.4 is 9.64 Å². The quantitative estimate of drug-likeness (QED) is 0.669. The van der Waals surface area contributed by atoms with Crippen molar-refractivity contribution in [1.29, 1.82) is 0 Å². The van der Waals surface area contributed by atoms with Crippen LogP contribution in [0.3, 0.4) is 0 Å². The molecule has 1 aliphatic rings. The van der Waals surface area contributed by atoms with Gasteiger partial charge in [0.1, 0.15) is 5.75 Å². The highest BCUT2D eigenvalue weighted by atomic mass is 16.5. The maximum absolute atomic E-state index is 12.3. The number of aliphatic hydroxyl groups excluding tert-OH is 1. The van der Waals surface area contributed by atoms with Crippen LogP contribution in [0, 0.1) is 0 Å². The first-order valence-corrected chi connectivity index (χ1v) is 8.55. The molecule has 0 bridgehead atoms. The number of benzene rings is 2. The lowest BCUT2D eigenvalue weighted by molar-refractivity contribution is 0.104. The molecule has 0 radical (unpaired) electrons. The molecule has 1 aliphatic heterocycles. The summed E-state index contributed by atoms with van der Waals surface area (Å²) in [7, 11) is 1.63. The van der Waals surface area contributed by atoms with Gasteiger partial charge in [0.15, 0.2) is 5.78 Å². The molecular formula is C21H23NO3. The van der Waals surface area contributed by atoms with Gasteiger partial charge in [0.25, 0.3) is 0 Å². The van der Waals surface area contributed by atoms with Crippen molar-refractivity contribution < 1.29 is 14.6 Å². The van der Waals surface area contributed by atoms with E-state index in [0.717, 1.165) is 42.9 Å². The third-order valence-corrected chi connectivity index (χ3v) is 4.52. The molecule has 0 atom stereocenters. The minimum Gasteiger partial charge on any atom is -0.497 e. The van der Waals surface area contributed by atoms with Crippen molar-refractivity contribution in [2.45, 2.75) is 18.9 Å². The Kier molecular flexibility index (Phi) is 5.51. The molecule has 0 amide bonds. The maximum atomic E-state index is 12.3. The molecule has 25 heavy (non-hydrogen) atoms. The van der Waals surface area contributed by atoms with Gasteiger partial charge in [0, 0.05) is 24.3 Å². The largest absolute Gasteiger partial charge is 0.497 e. The Hall–Kier alpha value is -2.59. The molecule has 0 aliphatic carbocycles. The highest BCUT2D eigenvalue weighted by Crippen LogP contribution is 2.21. The van der Waals surface area contributed by atoms with Crippen LogP contribution in [0.2, 0.25) is 0 Å². The SMILES string of the molecule is COc1ccc(/C=C/C(=O)c2ccc(N3CCC(O)CC3)cc2)cc1. The number of anilines is 1. The topological polar surface area (TPSA) is 49.8 Å². The standard InChI is InChI=1S/C21H23NO3/c1-25-20-9-2-16(3-10-20)4-11-21(24)17-5-7-18(8-6-17)22-14-12-19(23)13-15-22/h2-11,19,23H,12-15H2,1H3/b11-4+. The van der Waals surface area contributed by atoms with E-state index in [9.17, 15) is 9.90 Å². The van der Waals surface area contributed by atoms with Crippen LogP contribution in [0.1, 0.15) is 28.8 Å². The van der Waals surface area contributed by atoms with Crippen molar-refractivity contribution in [1.82, 2.24) is 0 Å². The second kappa shape index (κ2) is 7.99. The van der Waals surface area contributed by atoms with Crippen LogP contribution in [0.4, 0.5) is 5.69 Å². The molecular weight excluding hydrogens is 314 g/mol. The molecule has 0 aromatic heterocycles. The molecule has 0 unspecified atom stereocenters. The lowest BCUT2D eigenvalue weighted by Gasteiger charge is -2.31. The number of rotatable bonds is 5. The Morgan fingerprint density at radius 1 is 1.08 bits per heavy atom. The van der Waals surface area contributed by atoms with Gasteiger partial charge in [-0.2, -0.15) is 0 Å². The van der Waals surface area contributed by atoms with Crippen LogP contribution in [-0.2, 0) is 0 Å². The third-order valence-electron chi connectivity index (χ3n) is 4.52.